The van der Waals surface area contributed by atoms with Crippen molar-refractivity contribution in [1.29, 1.82) is 0 Å². The van der Waals surface area contributed by atoms with Crippen molar-refractivity contribution in [2.45, 2.75) is 31.7 Å². The Labute approximate surface area is 291 Å². The molecule has 50 heavy (non-hydrogen) atoms. The van der Waals surface area contributed by atoms with E-state index in [4.69, 9.17) is 6.58 Å². The van der Waals surface area contributed by atoms with Crippen LogP contribution in [0.25, 0.3) is 77.4 Å². The van der Waals surface area contributed by atoms with Crippen LogP contribution in [-0.4, -0.2) is 4.40 Å². The van der Waals surface area contributed by atoms with Crippen LogP contribution in [0.15, 0.2) is 152 Å². The predicted octanol–water partition coefficient (Wildman–Crippen LogP) is 10.5. The Morgan fingerprint density at radius 2 is 1.40 bits per heavy atom. The second-order valence-corrected chi connectivity index (χ2v) is 14.2. The predicted molar refractivity (Wildman–Crippen MR) is 204 cm³/mol. The molecular weight excluding hydrogens is 607 g/mol. The second-order valence-electron chi connectivity index (χ2n) is 14.2. The minimum atomic E-state index is 0.0619. The summed E-state index contributed by atoms with van der Waals surface area (Å²) in [6.07, 6.45) is 6.59. The maximum atomic E-state index is 4.99. The molecule has 0 amide bonds. The lowest BCUT2D eigenvalue weighted by Gasteiger charge is -2.29. The zero-order chi connectivity index (χ0) is 33.1. The molecule has 0 spiro atoms. The summed E-state index contributed by atoms with van der Waals surface area (Å²) in [5.41, 5.74) is 16.6. The van der Waals surface area contributed by atoms with Crippen molar-refractivity contribution in [2.24, 2.45) is 0 Å². The number of aromatic nitrogens is 3. The van der Waals surface area contributed by atoms with Crippen LogP contribution in [0, 0.1) is 6.92 Å². The minimum absolute atomic E-state index is 0.0619. The standard InChI is InChI=1S/C47H35N3/c1-29-12-3-4-13-33(29)32-22-24-43-40-27-41-38-18-11-17-37-36-16-7-8-20-44(36)50(47(37)38)45(41)26-31(40)21-23-39-34-14-5-6-15-35(34)42-19-9-10-25-48(42)46(39)30(2)49(43)28-32/h3-20,22,24-28,39,46H,2,21,23H2,1H3/q+2. The Morgan fingerprint density at radius 1 is 0.640 bits per heavy atom. The molecule has 0 N–H and O–H groups in total. The fourth-order valence-electron chi connectivity index (χ4n) is 9.48. The van der Waals surface area contributed by atoms with Crippen LogP contribution >= 0.6 is 0 Å². The number of allylic oxidation sites excluding steroid dienone is 1. The minimum Gasteiger partial charge on any atom is -0.308 e. The highest BCUT2D eigenvalue weighted by molar-refractivity contribution is 6.23. The molecule has 0 radical (unpaired) electrons. The molecule has 0 aliphatic carbocycles. The smallest absolute Gasteiger partial charge is 0.249 e. The molecule has 2 unspecified atom stereocenters. The summed E-state index contributed by atoms with van der Waals surface area (Å²) in [4.78, 5) is 0. The molecule has 0 fully saturated rings. The second kappa shape index (κ2) is 10.2. The lowest BCUT2D eigenvalue weighted by molar-refractivity contribution is -0.727. The van der Waals surface area contributed by atoms with Crippen molar-refractivity contribution < 1.29 is 9.13 Å². The van der Waals surface area contributed by atoms with Gasteiger partial charge in [-0.1, -0.05) is 78.9 Å². The lowest BCUT2D eigenvalue weighted by atomic mass is 9.78. The van der Waals surface area contributed by atoms with Gasteiger partial charge in [0, 0.05) is 50.9 Å². The Bertz CT molecular complexity index is 2870. The van der Waals surface area contributed by atoms with Gasteiger partial charge in [0.1, 0.15) is 0 Å². The van der Waals surface area contributed by atoms with Gasteiger partial charge in [-0.05, 0) is 85.0 Å². The van der Waals surface area contributed by atoms with Crippen molar-refractivity contribution in [2.75, 3.05) is 0 Å². The first kappa shape index (κ1) is 27.8. The van der Waals surface area contributed by atoms with Gasteiger partial charge in [0.15, 0.2) is 12.4 Å². The summed E-state index contributed by atoms with van der Waals surface area (Å²) in [7, 11) is 0. The molecule has 5 aromatic carbocycles. The van der Waals surface area contributed by atoms with Crippen molar-refractivity contribution in [3.8, 4) is 33.6 Å². The number of hydrogen-bond acceptors (Lipinski definition) is 0. The number of aryl methyl sites for hydroxylation is 2. The van der Waals surface area contributed by atoms with E-state index in [-0.39, 0.29) is 12.0 Å². The summed E-state index contributed by atoms with van der Waals surface area (Å²) in [5, 5.41) is 5.25. The van der Waals surface area contributed by atoms with Crippen molar-refractivity contribution in [3.05, 3.63) is 169 Å². The fourth-order valence-corrected chi connectivity index (χ4v) is 9.48. The van der Waals surface area contributed by atoms with Gasteiger partial charge in [0.2, 0.25) is 23.1 Å². The molecule has 9 aromatic rings. The van der Waals surface area contributed by atoms with Crippen LogP contribution in [0.1, 0.15) is 35.1 Å². The molecule has 3 nitrogen and oxygen atoms in total. The first-order valence-electron chi connectivity index (χ1n) is 17.8. The van der Waals surface area contributed by atoms with E-state index in [0.717, 1.165) is 18.5 Å². The van der Waals surface area contributed by atoms with E-state index in [1.165, 1.54) is 88.4 Å². The number of para-hydroxylation sites is 2. The van der Waals surface area contributed by atoms with Crippen molar-refractivity contribution in [3.63, 3.8) is 0 Å². The summed E-state index contributed by atoms with van der Waals surface area (Å²) in [6.45, 7) is 7.19. The van der Waals surface area contributed by atoms with E-state index in [9.17, 15) is 0 Å². The maximum absolute atomic E-state index is 4.99. The highest BCUT2D eigenvalue weighted by atomic mass is 15.1. The number of pyridine rings is 2. The molecule has 4 aromatic heterocycles. The number of nitrogens with zero attached hydrogens (tertiary/aromatic N) is 3. The molecule has 11 rings (SSSR count). The summed E-state index contributed by atoms with van der Waals surface area (Å²) in [5.74, 6) is 0.261. The van der Waals surface area contributed by atoms with Crippen LogP contribution in [0.5, 0.6) is 0 Å². The molecule has 2 atom stereocenters. The monoisotopic (exact) mass is 641 g/mol. The van der Waals surface area contributed by atoms with Gasteiger partial charge < -0.3 is 4.40 Å². The number of rotatable bonds is 1. The summed E-state index contributed by atoms with van der Waals surface area (Å²) in [6, 6.07) is 49.7. The Morgan fingerprint density at radius 3 is 2.30 bits per heavy atom. The average molecular weight is 642 g/mol. The molecule has 6 heterocycles. The van der Waals surface area contributed by atoms with E-state index in [0.29, 0.717) is 0 Å². The van der Waals surface area contributed by atoms with Crippen molar-refractivity contribution in [1.82, 2.24) is 4.40 Å². The van der Waals surface area contributed by atoms with Crippen LogP contribution in [0.3, 0.4) is 0 Å². The van der Waals surface area contributed by atoms with Crippen LogP contribution in [0.2, 0.25) is 0 Å². The number of benzene rings is 5. The largest absolute Gasteiger partial charge is 0.308 e. The third-order valence-electron chi connectivity index (χ3n) is 11.7. The van der Waals surface area contributed by atoms with Gasteiger partial charge >= 0.3 is 0 Å². The van der Waals surface area contributed by atoms with Gasteiger partial charge in [-0.25, -0.2) is 0 Å². The molecule has 0 saturated heterocycles. The van der Waals surface area contributed by atoms with E-state index in [1.54, 1.807) is 0 Å². The average Bonchev–Trinajstić information content (AvgIpc) is 3.69. The molecule has 3 heteroatoms. The SMILES string of the molecule is C=C1C2C(CCc3cc4c(cc3-c3ccc(-c5ccccc5C)c[n+]31)c1cccc3c5ccccc5n4c31)c1ccccc1-c1cccc[n+]12. The van der Waals surface area contributed by atoms with Gasteiger partial charge in [0.25, 0.3) is 0 Å². The van der Waals surface area contributed by atoms with Crippen molar-refractivity contribution >= 4 is 43.8 Å². The molecule has 236 valence electrons. The van der Waals surface area contributed by atoms with Crippen LogP contribution in [0.4, 0.5) is 0 Å². The van der Waals surface area contributed by atoms with E-state index in [1.807, 2.05) is 0 Å². The number of fused-ring (bicyclic) bond motifs is 15. The van der Waals surface area contributed by atoms with Crippen LogP contribution in [-0.2, 0) is 6.42 Å². The molecule has 2 aliphatic rings. The Kier molecular flexibility index (Phi) is 5.70. The van der Waals surface area contributed by atoms with Gasteiger partial charge in [0.05, 0.1) is 28.0 Å². The highest BCUT2D eigenvalue weighted by Gasteiger charge is 2.46. The molecule has 0 bridgehead atoms. The zero-order valence-electron chi connectivity index (χ0n) is 28.0. The number of hydrogen-bond donors (Lipinski definition) is 0. The lowest BCUT2D eigenvalue weighted by Crippen LogP contribution is -2.53. The van der Waals surface area contributed by atoms with E-state index >= 15 is 0 Å². The van der Waals surface area contributed by atoms with Gasteiger partial charge in [-0.2, -0.15) is 9.13 Å². The molecule has 0 saturated carbocycles. The first-order chi connectivity index (χ1) is 24.7. The van der Waals surface area contributed by atoms with Gasteiger partial charge in [-0.15, -0.1) is 0 Å². The fraction of sp³-hybridized carbons (Fsp3) is 0.106. The van der Waals surface area contributed by atoms with Gasteiger partial charge in [-0.3, -0.25) is 0 Å². The normalized spacial score (nSPS) is 16.8. The van der Waals surface area contributed by atoms with Crippen LogP contribution < -0.4 is 9.13 Å². The quantitative estimate of drug-likeness (QED) is 0.158. The third-order valence-corrected chi connectivity index (χ3v) is 11.7. The third kappa shape index (κ3) is 3.69. The van der Waals surface area contributed by atoms with E-state index < -0.39 is 0 Å². The summed E-state index contributed by atoms with van der Waals surface area (Å²) >= 11 is 0. The first-order valence-corrected chi connectivity index (χ1v) is 17.8. The zero-order valence-corrected chi connectivity index (χ0v) is 28.0. The van der Waals surface area contributed by atoms with E-state index in [2.05, 4.69) is 166 Å². The highest BCUT2D eigenvalue weighted by Crippen LogP contribution is 2.46. The summed E-state index contributed by atoms with van der Waals surface area (Å²) < 4.78 is 7.43. The molecule has 2 aliphatic heterocycles. The molecular formula is C47H35N3+2. The Balaban J connectivity index is 1.23. The maximum Gasteiger partial charge on any atom is 0.249 e. The topological polar surface area (TPSA) is 12.2 Å². The Hall–Kier alpha value is -6.06.